The van der Waals surface area contributed by atoms with Crippen molar-refractivity contribution in [2.75, 3.05) is 90.4 Å². The molecule has 10 rings (SSSR count). The molecule has 7 aliphatic heterocycles. The van der Waals surface area contributed by atoms with Crippen molar-refractivity contribution in [2.24, 2.45) is 23.7 Å². The zero-order chi connectivity index (χ0) is 63.4. The number of ether oxygens (including phenoxy) is 3. The van der Waals surface area contributed by atoms with E-state index in [1.165, 1.54) is 64.0 Å². The molecule has 492 valence electrons. The molecule has 19 nitrogen and oxygen atoms in total. The van der Waals surface area contributed by atoms with Crippen molar-refractivity contribution in [3.63, 3.8) is 0 Å². The summed E-state index contributed by atoms with van der Waals surface area (Å²) in [6.45, 7) is 33.3. The predicted octanol–water partition coefficient (Wildman–Crippen LogP) is 12.3. The highest BCUT2D eigenvalue weighted by atomic mass is 79.9. The summed E-state index contributed by atoms with van der Waals surface area (Å²) >= 11 is 3.48. The number of halogens is 1. The SMILES string of the molecule is CC(C)(C)OC(=O)N1CCC(CBr)CC1.CCCC[C@@H]1CN(CC2CCCCC2)C(=O)OC12CCN(C1(C)CCN(C(=O)c3c(C)ncnc3C)CC1)CC2.CCCC[C@@H]1CNC(=O)OC12CCN(C1(C)CCN(C(=O)c3c(C)ncnc3C)CC1)CC2. The summed E-state index contributed by atoms with van der Waals surface area (Å²) < 4.78 is 17.8. The topological polar surface area (TPSA) is 196 Å². The highest BCUT2D eigenvalue weighted by molar-refractivity contribution is 9.09. The smallest absolute Gasteiger partial charge is 0.410 e. The molecule has 2 atom stereocenters. The van der Waals surface area contributed by atoms with Crippen LogP contribution in [0.25, 0.3) is 0 Å². The largest absolute Gasteiger partial charge is 0.444 e. The van der Waals surface area contributed by atoms with E-state index in [1.807, 2.05) is 63.2 Å². The molecule has 2 aromatic rings. The molecule has 1 saturated carbocycles. The van der Waals surface area contributed by atoms with Gasteiger partial charge in [-0.1, -0.05) is 74.7 Å². The van der Waals surface area contributed by atoms with E-state index in [4.69, 9.17) is 14.2 Å². The number of amides is 5. The van der Waals surface area contributed by atoms with Gasteiger partial charge in [0.2, 0.25) is 0 Å². The number of carbonyl (C=O) groups is 5. The number of likely N-dealkylation sites (tertiary alicyclic amines) is 5. The van der Waals surface area contributed by atoms with E-state index in [0.29, 0.717) is 34.8 Å². The average Bonchev–Trinajstić information content (AvgIpc) is 2.55. The van der Waals surface area contributed by atoms with Gasteiger partial charge < -0.3 is 39.1 Å². The number of nitrogens with zero attached hydrogens (tertiary/aromatic N) is 10. The Balaban J connectivity index is 0.000000188. The van der Waals surface area contributed by atoms with Crippen molar-refractivity contribution in [2.45, 2.75) is 239 Å². The lowest BCUT2D eigenvalue weighted by atomic mass is 9.74. The molecule has 7 saturated heterocycles. The predicted molar refractivity (Wildman–Crippen MR) is 347 cm³/mol. The van der Waals surface area contributed by atoms with Gasteiger partial charge >= 0.3 is 18.3 Å². The van der Waals surface area contributed by atoms with Crippen LogP contribution in [-0.4, -0.2) is 198 Å². The lowest BCUT2D eigenvalue weighted by Gasteiger charge is -2.55. The highest BCUT2D eigenvalue weighted by Crippen LogP contribution is 2.45. The minimum Gasteiger partial charge on any atom is -0.444 e. The van der Waals surface area contributed by atoms with Gasteiger partial charge in [-0.15, -0.1) is 0 Å². The molecule has 2 aromatic heterocycles. The third-order valence-electron chi connectivity index (χ3n) is 21.6. The van der Waals surface area contributed by atoms with Gasteiger partial charge in [-0.25, -0.2) is 34.3 Å². The van der Waals surface area contributed by atoms with E-state index in [2.05, 4.69) is 83.6 Å². The Morgan fingerprint density at radius 3 is 1.48 bits per heavy atom. The number of rotatable bonds is 13. The Kier molecular flexibility index (Phi) is 24.1. The lowest BCUT2D eigenvalue weighted by Crippen LogP contribution is -2.63. The summed E-state index contributed by atoms with van der Waals surface area (Å²) in [5.74, 6) is 2.27. The summed E-state index contributed by atoms with van der Waals surface area (Å²) in [4.78, 5) is 93.5. The van der Waals surface area contributed by atoms with E-state index >= 15 is 0 Å². The molecule has 20 heteroatoms. The van der Waals surface area contributed by atoms with Crippen molar-refractivity contribution in [1.29, 1.82) is 0 Å². The van der Waals surface area contributed by atoms with E-state index in [0.717, 1.165) is 197 Å². The molecule has 8 fully saturated rings. The number of aryl methyl sites for hydroxylation is 4. The van der Waals surface area contributed by atoms with Crippen LogP contribution in [0.3, 0.4) is 0 Å². The van der Waals surface area contributed by atoms with Crippen LogP contribution in [0.4, 0.5) is 14.4 Å². The molecule has 8 aliphatic rings. The number of aromatic nitrogens is 4. The van der Waals surface area contributed by atoms with Crippen LogP contribution < -0.4 is 5.32 Å². The monoisotopic (exact) mass is 1290 g/mol. The molecule has 2 spiro atoms. The number of carbonyl (C=O) groups excluding carboxylic acids is 5. The number of alkyl carbamates (subject to hydrolysis) is 1. The Morgan fingerprint density at radius 1 is 0.602 bits per heavy atom. The van der Waals surface area contributed by atoms with Gasteiger partial charge in [-0.3, -0.25) is 19.4 Å². The van der Waals surface area contributed by atoms with Gasteiger partial charge in [0.1, 0.15) is 29.5 Å². The molecule has 1 aliphatic carbocycles. The maximum Gasteiger partial charge on any atom is 0.410 e. The maximum atomic E-state index is 13.3. The van der Waals surface area contributed by atoms with Crippen molar-refractivity contribution in [3.05, 3.63) is 46.6 Å². The third kappa shape index (κ3) is 17.1. The van der Waals surface area contributed by atoms with Crippen LogP contribution in [0.1, 0.15) is 227 Å². The summed E-state index contributed by atoms with van der Waals surface area (Å²) in [5, 5.41) is 3.95. The zero-order valence-corrected chi connectivity index (χ0v) is 57.4. The number of unbranched alkanes of at least 4 members (excludes halogenated alkanes) is 2. The first-order valence-corrected chi connectivity index (χ1v) is 35.2. The average molecular weight is 1290 g/mol. The quantitative estimate of drug-likeness (QED) is 0.147. The minimum absolute atomic E-state index is 0.0469. The second-order valence-corrected chi connectivity index (χ2v) is 29.5. The summed E-state index contributed by atoms with van der Waals surface area (Å²) in [5.41, 5.74) is 3.40. The second kappa shape index (κ2) is 30.6. The Labute approximate surface area is 535 Å². The van der Waals surface area contributed by atoms with Crippen LogP contribution in [0.2, 0.25) is 0 Å². The first-order chi connectivity index (χ1) is 41.9. The first kappa shape index (κ1) is 69.2. The van der Waals surface area contributed by atoms with Crippen LogP contribution in [0.5, 0.6) is 0 Å². The number of piperidine rings is 5. The highest BCUT2D eigenvalue weighted by Gasteiger charge is 2.53. The van der Waals surface area contributed by atoms with Crippen molar-refractivity contribution in [1.82, 2.24) is 54.7 Å². The molecule has 5 amide bonds. The maximum absolute atomic E-state index is 13.3. The Bertz CT molecular complexity index is 2600. The molecule has 9 heterocycles. The molecule has 0 aromatic carbocycles. The summed E-state index contributed by atoms with van der Waals surface area (Å²) in [6, 6.07) is 0. The molecule has 0 bridgehead atoms. The molecular weight excluding hydrogens is 1180 g/mol. The molecule has 88 heavy (non-hydrogen) atoms. The number of hydrogen-bond acceptors (Lipinski definition) is 14. The number of alkyl halides is 1. The summed E-state index contributed by atoms with van der Waals surface area (Å²) in [7, 11) is 0. The number of nitrogens with one attached hydrogen (secondary N) is 1. The van der Waals surface area contributed by atoms with Gasteiger partial charge in [0, 0.05) is 139 Å². The van der Waals surface area contributed by atoms with E-state index in [-0.39, 0.29) is 58.0 Å². The van der Waals surface area contributed by atoms with Crippen molar-refractivity contribution in [3.8, 4) is 0 Å². The standard InChI is InChI=1S/C32H51N5O3.C25H39N5O3.C11H20BrNO2/c1-5-6-12-27-22-36(21-26-10-8-7-9-11-26)30(39)40-32(27)15-19-37(20-16-32)31(4)13-17-35(18-14-31)29(38)28-24(2)33-23-34-25(28)3;1-5-6-7-20-16-26-23(32)33-25(20)10-14-30(15-11-25)24(4)8-12-29(13-9-24)22(31)21-18(2)27-17-28-19(21)3;1-11(2,3)15-10(14)13-6-4-9(8-12)5-7-13/h23,26-27H,5-22H2,1-4H3;17,20H,5-16H2,1-4H3,(H,26,32);9H,4-8H2,1-3H3/t27-;20-;/m11./s1. The van der Waals surface area contributed by atoms with Crippen molar-refractivity contribution >= 4 is 46.0 Å². The van der Waals surface area contributed by atoms with Crippen LogP contribution in [0, 0.1) is 51.4 Å². The lowest BCUT2D eigenvalue weighted by molar-refractivity contribution is -0.134. The van der Waals surface area contributed by atoms with Crippen LogP contribution in [-0.2, 0) is 14.2 Å². The molecule has 1 N–H and O–H groups in total. The van der Waals surface area contributed by atoms with Gasteiger partial charge in [0.15, 0.2) is 0 Å². The molecule has 0 radical (unpaired) electrons. The fraction of sp³-hybridized carbons (Fsp3) is 0.809. The van der Waals surface area contributed by atoms with E-state index in [1.54, 1.807) is 0 Å². The molecular formula is C68H110BrN11O8. The van der Waals surface area contributed by atoms with Gasteiger partial charge in [0.05, 0.1) is 33.9 Å². The second-order valence-electron chi connectivity index (χ2n) is 28.8. The van der Waals surface area contributed by atoms with Gasteiger partial charge in [-0.2, -0.15) is 0 Å². The summed E-state index contributed by atoms with van der Waals surface area (Å²) in [6.07, 6.45) is 25.5. The fourth-order valence-corrected chi connectivity index (χ4v) is 16.2. The fourth-order valence-electron chi connectivity index (χ4n) is 15.6. The van der Waals surface area contributed by atoms with E-state index in [9.17, 15) is 24.0 Å². The van der Waals surface area contributed by atoms with Crippen molar-refractivity contribution < 1.29 is 38.2 Å². The normalized spacial score (nSPS) is 24.3. The molecule has 0 unspecified atom stereocenters. The van der Waals surface area contributed by atoms with Crippen LogP contribution in [0.15, 0.2) is 12.7 Å². The van der Waals surface area contributed by atoms with Gasteiger partial charge in [0.25, 0.3) is 11.8 Å². The zero-order valence-electron chi connectivity index (χ0n) is 55.8. The first-order valence-electron chi connectivity index (χ1n) is 34.1. The van der Waals surface area contributed by atoms with E-state index < -0.39 is 0 Å². The Morgan fingerprint density at radius 2 is 1.05 bits per heavy atom. The van der Waals surface area contributed by atoms with Crippen LogP contribution >= 0.6 is 15.9 Å². The minimum atomic E-state index is -0.386. The number of hydrogen-bond donors (Lipinski definition) is 1. The Hall–Kier alpha value is -4.69. The van der Waals surface area contributed by atoms with Gasteiger partial charge in [-0.05, 0) is 138 Å². The third-order valence-corrected chi connectivity index (χ3v) is 22.6.